The number of nitrogens with one attached hydrogen (secondary N) is 3. The topological polar surface area (TPSA) is 182 Å². The molecule has 4 aliphatic rings. The number of pyridine rings is 1. The van der Waals surface area contributed by atoms with Crippen molar-refractivity contribution in [1.29, 1.82) is 0 Å². The first kappa shape index (κ1) is 45.2. The van der Waals surface area contributed by atoms with Gasteiger partial charge < -0.3 is 29.7 Å². The molecule has 3 fully saturated rings. The van der Waals surface area contributed by atoms with Crippen LogP contribution < -0.4 is 24.8 Å². The Balaban J connectivity index is 1.38. The van der Waals surface area contributed by atoms with E-state index in [9.17, 15) is 40.8 Å². The second kappa shape index (κ2) is 16.5. The molecule has 3 N–H and O–H groups in total. The second-order valence-electron chi connectivity index (χ2n) is 17.7. The summed E-state index contributed by atoms with van der Waals surface area (Å²) in [5.74, 6) is -3.50. The fraction of sp³-hybridized carbons (Fsp3) is 0.634. The Morgan fingerprint density at radius 2 is 1.80 bits per heavy atom. The smallest absolute Gasteiger partial charge is 0.427 e. The molecule has 1 unspecified atom stereocenters. The van der Waals surface area contributed by atoms with Crippen molar-refractivity contribution < 1.29 is 55.0 Å². The number of ether oxygens (including phenoxy) is 3. The average molecular weight is 884 g/mol. The fourth-order valence-corrected chi connectivity index (χ4v) is 9.32. The summed E-state index contributed by atoms with van der Waals surface area (Å²) in [4.78, 5) is 62.3. The maximum Gasteiger partial charge on any atom is 0.427 e. The highest BCUT2D eigenvalue weighted by Gasteiger charge is 2.63. The van der Waals surface area contributed by atoms with Gasteiger partial charge in [0.15, 0.2) is 0 Å². The van der Waals surface area contributed by atoms with Crippen molar-refractivity contribution in [3.63, 3.8) is 0 Å². The molecule has 3 heterocycles. The number of amides is 4. The number of benzene rings is 1. The largest absolute Gasteiger partial charge is 0.475 e. The fourth-order valence-electron chi connectivity index (χ4n) is 7.78. The zero-order valence-corrected chi connectivity index (χ0v) is 36.2. The molecule has 1 saturated heterocycles. The number of hydrogen-bond acceptors (Lipinski definition) is 10. The number of allylic oxidation sites excluding steroid dienone is 1. The van der Waals surface area contributed by atoms with Gasteiger partial charge in [-0.1, -0.05) is 43.7 Å². The van der Waals surface area contributed by atoms with E-state index in [0.717, 1.165) is 0 Å². The van der Waals surface area contributed by atoms with E-state index >= 15 is 0 Å². The lowest BCUT2D eigenvalue weighted by atomic mass is 9.88. The molecule has 1 aromatic heterocycles. The highest BCUT2D eigenvalue weighted by atomic mass is 35.5. The van der Waals surface area contributed by atoms with Crippen molar-refractivity contribution in [2.75, 3.05) is 6.54 Å². The Hall–Kier alpha value is -4.32. The number of alkyl halides is 3. The van der Waals surface area contributed by atoms with Gasteiger partial charge in [-0.3, -0.25) is 19.1 Å². The van der Waals surface area contributed by atoms with E-state index in [4.69, 9.17) is 25.8 Å². The molecular formula is C41H53ClF3N5O9S. The van der Waals surface area contributed by atoms with Crippen LogP contribution >= 0.6 is 11.6 Å². The number of rotatable bonds is 9. The summed E-state index contributed by atoms with van der Waals surface area (Å²) in [6.07, 6.45) is -1.83. The first-order valence-electron chi connectivity index (χ1n) is 20.2. The number of halogens is 4. The molecule has 14 nitrogen and oxygen atoms in total. The van der Waals surface area contributed by atoms with Crippen molar-refractivity contribution in [2.45, 2.75) is 140 Å². The number of fused-ring (bicyclic) bond motifs is 3. The van der Waals surface area contributed by atoms with E-state index in [1.807, 2.05) is 26.8 Å². The molecule has 2 saturated carbocycles. The van der Waals surface area contributed by atoms with Crippen LogP contribution in [0.1, 0.15) is 93.4 Å². The van der Waals surface area contributed by atoms with Crippen LogP contribution in [-0.4, -0.2) is 95.0 Å². The molecule has 2 aliphatic carbocycles. The Labute approximate surface area is 352 Å². The first-order chi connectivity index (χ1) is 27.9. The van der Waals surface area contributed by atoms with Gasteiger partial charge in [0.1, 0.15) is 23.7 Å². The highest BCUT2D eigenvalue weighted by Crippen LogP contribution is 2.48. The minimum atomic E-state index is -4.93. The number of nitrogens with zero attached hydrogens (tertiary/aromatic N) is 2. The van der Waals surface area contributed by atoms with Crippen molar-refractivity contribution in [2.24, 2.45) is 17.8 Å². The van der Waals surface area contributed by atoms with Crippen LogP contribution in [0.3, 0.4) is 0 Å². The molecule has 2 aromatic rings. The lowest BCUT2D eigenvalue weighted by Gasteiger charge is -2.34. The quantitative estimate of drug-likeness (QED) is 0.240. The zero-order valence-electron chi connectivity index (χ0n) is 34.7. The standard InChI is InChI=1S/C41H53ClF3N5O9S/c1-22(2)57-31-19-28-27(13-10-14-29(28)42)34(46-31)58-26-18-30-33(51)48-40(36(53)49-60(55,56)39(7)15-16-39)20-25(40)12-9-8-11-23(3)17-24(4)32(35(52)50(30)21-26)47-37(54)59-38(5,6)41(43,44)45/h9-10,12-14,19,22-26,30,32H,8,11,15-18,20-21H2,1-7H3,(H,47,54)(H,48,51)(H,49,53)/b12-9-/t23-,24-,25?,26-,30+,32+,40-/m1/s1. The molecule has 2 aliphatic heterocycles. The van der Waals surface area contributed by atoms with E-state index < -0.39 is 85.9 Å². The van der Waals surface area contributed by atoms with Crippen LogP contribution in [-0.2, 0) is 29.1 Å². The van der Waals surface area contributed by atoms with Crippen molar-refractivity contribution in [3.8, 4) is 11.8 Å². The van der Waals surface area contributed by atoms with E-state index in [1.54, 1.807) is 37.3 Å². The molecule has 7 atom stereocenters. The predicted octanol–water partition coefficient (Wildman–Crippen LogP) is 6.35. The third-order valence-electron chi connectivity index (χ3n) is 11.9. The summed E-state index contributed by atoms with van der Waals surface area (Å²) in [5.41, 5.74) is -4.56. The van der Waals surface area contributed by atoms with Crippen molar-refractivity contribution in [1.82, 2.24) is 25.2 Å². The Kier molecular flexibility index (Phi) is 12.4. The number of hydrogen-bond donors (Lipinski definition) is 3. The SMILES string of the molecule is CC(C)Oc1cc2c(Cl)cccc2c(O[C@@H]2C[C@H]3C(=O)N[C@]4(C(=O)NS(=O)(=O)C5(C)CC5)CC4/C=C\CC[C@@H](C)C[C@@H](C)[C@H](NC(=O)OC(C)(C)C(F)(F)F)C(=O)N3C2)n1. The third kappa shape index (κ3) is 9.43. The monoisotopic (exact) mass is 883 g/mol. The number of carbonyl (C=O) groups is 4. The minimum Gasteiger partial charge on any atom is -0.475 e. The molecule has 0 bridgehead atoms. The molecule has 1 aromatic carbocycles. The van der Waals surface area contributed by atoms with E-state index in [1.165, 1.54) is 11.8 Å². The van der Waals surface area contributed by atoms with E-state index in [-0.39, 0.29) is 43.2 Å². The summed E-state index contributed by atoms with van der Waals surface area (Å²) in [6.45, 7) is 9.88. The molecule has 60 heavy (non-hydrogen) atoms. The third-order valence-corrected chi connectivity index (χ3v) is 14.4. The van der Waals surface area contributed by atoms with Gasteiger partial charge in [0.2, 0.25) is 39.2 Å². The normalized spacial score (nSPS) is 29.0. The maximum atomic E-state index is 14.8. The van der Waals surface area contributed by atoms with E-state index in [2.05, 4.69) is 20.3 Å². The summed E-state index contributed by atoms with van der Waals surface area (Å²) in [7, 11) is -4.10. The molecule has 19 heteroatoms. The summed E-state index contributed by atoms with van der Waals surface area (Å²) < 4.78 is 86.0. The van der Waals surface area contributed by atoms with Gasteiger partial charge in [-0.05, 0) is 97.1 Å². The van der Waals surface area contributed by atoms with Crippen LogP contribution in [0.25, 0.3) is 10.8 Å². The average Bonchev–Trinajstić information content (AvgIpc) is 4.01. The molecule has 0 spiro atoms. The lowest BCUT2D eigenvalue weighted by molar-refractivity contribution is -0.244. The van der Waals surface area contributed by atoms with Gasteiger partial charge in [-0.2, -0.15) is 18.2 Å². The summed E-state index contributed by atoms with van der Waals surface area (Å²) >= 11 is 6.56. The van der Waals surface area contributed by atoms with Gasteiger partial charge in [-0.25, -0.2) is 13.2 Å². The van der Waals surface area contributed by atoms with Crippen molar-refractivity contribution in [3.05, 3.63) is 41.4 Å². The molecule has 4 amide bonds. The summed E-state index contributed by atoms with van der Waals surface area (Å²) in [5, 5.41) is 6.62. The Morgan fingerprint density at radius 1 is 1.10 bits per heavy atom. The summed E-state index contributed by atoms with van der Waals surface area (Å²) in [6, 6.07) is 3.94. The molecular weight excluding hydrogens is 831 g/mol. The molecule has 6 rings (SSSR count). The molecule has 0 radical (unpaired) electrons. The van der Waals surface area contributed by atoms with Crippen LogP contribution in [0, 0.1) is 17.8 Å². The van der Waals surface area contributed by atoms with Gasteiger partial charge in [0.05, 0.1) is 17.4 Å². The van der Waals surface area contributed by atoms with E-state index in [0.29, 0.717) is 61.7 Å². The number of carbonyl (C=O) groups excluding carboxylic acids is 4. The predicted molar refractivity (Wildman–Crippen MR) is 216 cm³/mol. The number of sulfonamides is 1. The van der Waals surface area contributed by atoms with Gasteiger partial charge in [-0.15, -0.1) is 0 Å². The highest BCUT2D eigenvalue weighted by molar-refractivity contribution is 7.91. The van der Waals surface area contributed by atoms with Crippen LogP contribution in [0.5, 0.6) is 11.8 Å². The number of aromatic nitrogens is 1. The Morgan fingerprint density at radius 3 is 2.45 bits per heavy atom. The Bertz CT molecular complexity index is 2170. The van der Waals surface area contributed by atoms with Gasteiger partial charge in [0, 0.05) is 34.2 Å². The van der Waals surface area contributed by atoms with Crippen LogP contribution in [0.15, 0.2) is 36.4 Å². The minimum absolute atomic E-state index is 0.0528. The number of alkyl carbamates (subject to hydrolysis) is 1. The van der Waals surface area contributed by atoms with Gasteiger partial charge in [0.25, 0.3) is 5.91 Å². The van der Waals surface area contributed by atoms with Crippen molar-refractivity contribution >= 4 is 56.2 Å². The zero-order chi connectivity index (χ0) is 44.2. The van der Waals surface area contributed by atoms with Crippen LogP contribution in [0.4, 0.5) is 18.0 Å². The first-order valence-corrected chi connectivity index (χ1v) is 22.1. The second-order valence-corrected chi connectivity index (χ2v) is 20.4. The van der Waals surface area contributed by atoms with Crippen LogP contribution in [0.2, 0.25) is 5.02 Å². The maximum absolute atomic E-state index is 14.8. The van der Waals surface area contributed by atoms with Gasteiger partial charge >= 0.3 is 12.3 Å². The lowest BCUT2D eigenvalue weighted by Crippen LogP contribution is -2.59. The molecule has 330 valence electrons.